The van der Waals surface area contributed by atoms with Crippen molar-refractivity contribution in [3.63, 3.8) is 0 Å². The highest BCUT2D eigenvalue weighted by Gasteiger charge is 2.32. The van der Waals surface area contributed by atoms with E-state index in [2.05, 4.69) is 4.90 Å². The molecule has 0 saturated carbocycles. The van der Waals surface area contributed by atoms with E-state index in [-0.39, 0.29) is 15.8 Å². The number of piperazine rings is 1. The summed E-state index contributed by atoms with van der Waals surface area (Å²) < 4.78 is 54.2. The average Bonchev–Trinajstić information content (AvgIpc) is 2.62. The maximum absolute atomic E-state index is 12.9. The zero-order valence-corrected chi connectivity index (χ0v) is 17.0. The number of hydrogen-bond donors (Lipinski definition) is 0. The molecule has 0 bridgehead atoms. The van der Waals surface area contributed by atoms with E-state index in [0.717, 1.165) is 19.3 Å². The molecule has 0 radical (unpaired) electrons. The summed E-state index contributed by atoms with van der Waals surface area (Å²) in [6, 6.07) is 5.63. The summed E-state index contributed by atoms with van der Waals surface area (Å²) in [5.74, 6) is 0. The second kappa shape index (κ2) is 7.55. The Balaban J connectivity index is 1.82. The molecule has 2 aliphatic rings. The zero-order chi connectivity index (χ0) is 18.9. The molecule has 1 aromatic carbocycles. The SMILES string of the molecule is C[C@H]1CCCCN1S(=O)(=O)c1ccc(S(=O)(=O)N2CCN(C)CC2)cc1. The minimum Gasteiger partial charge on any atom is -0.304 e. The Kier molecular flexibility index (Phi) is 5.74. The Labute approximate surface area is 156 Å². The zero-order valence-electron chi connectivity index (χ0n) is 15.3. The molecule has 3 rings (SSSR count). The lowest BCUT2D eigenvalue weighted by molar-refractivity contribution is 0.222. The first-order valence-electron chi connectivity index (χ1n) is 9.03. The van der Waals surface area contributed by atoms with Crippen LogP contribution in [0.15, 0.2) is 34.1 Å². The Hall–Kier alpha value is -1.00. The van der Waals surface area contributed by atoms with Crippen molar-refractivity contribution in [3.05, 3.63) is 24.3 Å². The third-order valence-electron chi connectivity index (χ3n) is 5.27. The van der Waals surface area contributed by atoms with Crippen LogP contribution in [0, 0.1) is 0 Å². The second-order valence-corrected chi connectivity index (χ2v) is 11.0. The highest BCUT2D eigenvalue weighted by Crippen LogP contribution is 2.26. The summed E-state index contributed by atoms with van der Waals surface area (Å²) in [4.78, 5) is 2.39. The first kappa shape index (κ1) is 19.8. The normalized spacial score (nSPS) is 24.6. The van der Waals surface area contributed by atoms with Gasteiger partial charge in [0.1, 0.15) is 0 Å². The van der Waals surface area contributed by atoms with Crippen molar-refractivity contribution in [3.8, 4) is 0 Å². The van der Waals surface area contributed by atoms with E-state index in [0.29, 0.717) is 32.7 Å². The number of benzene rings is 1. The summed E-state index contributed by atoms with van der Waals surface area (Å²) in [5.41, 5.74) is 0. The first-order chi connectivity index (χ1) is 12.2. The van der Waals surface area contributed by atoms with Gasteiger partial charge in [-0.3, -0.25) is 0 Å². The van der Waals surface area contributed by atoms with Gasteiger partial charge >= 0.3 is 0 Å². The van der Waals surface area contributed by atoms with Crippen molar-refractivity contribution in [2.24, 2.45) is 0 Å². The average molecular weight is 402 g/mol. The molecule has 0 spiro atoms. The predicted octanol–water partition coefficient (Wildman–Crippen LogP) is 1.19. The van der Waals surface area contributed by atoms with Crippen molar-refractivity contribution < 1.29 is 16.8 Å². The molecule has 2 fully saturated rings. The molecule has 2 heterocycles. The third-order valence-corrected chi connectivity index (χ3v) is 9.21. The van der Waals surface area contributed by atoms with Crippen molar-refractivity contribution in [2.45, 2.75) is 42.0 Å². The number of rotatable bonds is 4. The molecule has 0 aromatic heterocycles. The topological polar surface area (TPSA) is 78.0 Å². The van der Waals surface area contributed by atoms with E-state index in [9.17, 15) is 16.8 Å². The fourth-order valence-corrected chi connectivity index (χ4v) is 6.65. The van der Waals surface area contributed by atoms with E-state index in [4.69, 9.17) is 0 Å². The summed E-state index contributed by atoms with van der Waals surface area (Å²) in [7, 11) is -5.21. The highest BCUT2D eigenvalue weighted by atomic mass is 32.2. The predicted molar refractivity (Wildman–Crippen MR) is 99.9 cm³/mol. The van der Waals surface area contributed by atoms with Crippen LogP contribution in [0.5, 0.6) is 0 Å². The van der Waals surface area contributed by atoms with Gasteiger partial charge in [0, 0.05) is 38.8 Å². The van der Waals surface area contributed by atoms with Crippen LogP contribution >= 0.6 is 0 Å². The summed E-state index contributed by atoms with van der Waals surface area (Å²) in [6.45, 7) is 4.72. The van der Waals surface area contributed by atoms with E-state index in [1.807, 2.05) is 14.0 Å². The maximum atomic E-state index is 12.9. The molecule has 0 aliphatic carbocycles. The molecule has 1 aromatic rings. The van der Waals surface area contributed by atoms with Crippen LogP contribution < -0.4 is 0 Å². The Morgan fingerprint density at radius 3 is 1.88 bits per heavy atom. The maximum Gasteiger partial charge on any atom is 0.243 e. The van der Waals surface area contributed by atoms with E-state index in [1.165, 1.54) is 32.9 Å². The highest BCUT2D eigenvalue weighted by molar-refractivity contribution is 7.89. The minimum absolute atomic E-state index is 0.0255. The molecule has 0 unspecified atom stereocenters. The number of hydrogen-bond acceptors (Lipinski definition) is 5. The number of piperidine rings is 1. The van der Waals surface area contributed by atoms with Crippen molar-refractivity contribution in [1.82, 2.24) is 13.5 Å². The number of likely N-dealkylation sites (N-methyl/N-ethyl adjacent to an activating group) is 1. The molecule has 2 saturated heterocycles. The number of nitrogens with zero attached hydrogens (tertiary/aromatic N) is 3. The van der Waals surface area contributed by atoms with Crippen LogP contribution in [0.3, 0.4) is 0 Å². The summed E-state index contributed by atoms with van der Waals surface area (Å²) in [6.07, 6.45) is 2.75. The van der Waals surface area contributed by atoms with Gasteiger partial charge in [-0.2, -0.15) is 8.61 Å². The lowest BCUT2D eigenvalue weighted by Crippen LogP contribution is -2.47. The summed E-state index contributed by atoms with van der Waals surface area (Å²) >= 11 is 0. The van der Waals surface area contributed by atoms with E-state index < -0.39 is 20.0 Å². The molecule has 1 atom stereocenters. The van der Waals surface area contributed by atoms with Crippen LogP contribution in [-0.2, 0) is 20.0 Å². The van der Waals surface area contributed by atoms with Crippen molar-refractivity contribution in [1.29, 1.82) is 0 Å². The smallest absolute Gasteiger partial charge is 0.243 e. The van der Waals surface area contributed by atoms with Crippen LogP contribution in [-0.4, -0.2) is 76.2 Å². The third kappa shape index (κ3) is 3.82. The van der Waals surface area contributed by atoms with Crippen LogP contribution in [0.25, 0.3) is 0 Å². The quantitative estimate of drug-likeness (QED) is 0.757. The van der Waals surface area contributed by atoms with Gasteiger partial charge in [0.15, 0.2) is 0 Å². The van der Waals surface area contributed by atoms with Gasteiger partial charge in [0.25, 0.3) is 0 Å². The first-order valence-corrected chi connectivity index (χ1v) is 11.9. The molecular weight excluding hydrogens is 374 g/mol. The molecule has 7 nitrogen and oxygen atoms in total. The van der Waals surface area contributed by atoms with Crippen molar-refractivity contribution >= 4 is 20.0 Å². The molecule has 0 N–H and O–H groups in total. The lowest BCUT2D eigenvalue weighted by atomic mass is 10.1. The van der Waals surface area contributed by atoms with Crippen LogP contribution in [0.1, 0.15) is 26.2 Å². The van der Waals surface area contributed by atoms with Gasteiger partial charge < -0.3 is 4.90 Å². The Morgan fingerprint density at radius 1 is 0.808 bits per heavy atom. The molecule has 146 valence electrons. The van der Waals surface area contributed by atoms with E-state index >= 15 is 0 Å². The van der Waals surface area contributed by atoms with Gasteiger partial charge in [-0.1, -0.05) is 6.42 Å². The molecule has 9 heteroatoms. The molecule has 26 heavy (non-hydrogen) atoms. The van der Waals surface area contributed by atoms with Crippen LogP contribution in [0.2, 0.25) is 0 Å². The monoisotopic (exact) mass is 401 g/mol. The standard InChI is InChI=1S/C17H27N3O4S2/c1-15-5-3-4-10-20(15)26(23,24)17-8-6-16(7-9-17)25(21,22)19-13-11-18(2)12-14-19/h6-9,15H,3-5,10-14H2,1-2H3/t15-/m0/s1. The fraction of sp³-hybridized carbons (Fsp3) is 0.647. The van der Waals surface area contributed by atoms with Gasteiger partial charge in [0.2, 0.25) is 20.0 Å². The van der Waals surface area contributed by atoms with Gasteiger partial charge in [-0.15, -0.1) is 0 Å². The molecule has 2 aliphatic heterocycles. The van der Waals surface area contributed by atoms with E-state index in [1.54, 1.807) is 0 Å². The fourth-order valence-electron chi connectivity index (χ4n) is 3.53. The largest absolute Gasteiger partial charge is 0.304 e. The second-order valence-electron chi connectivity index (χ2n) is 7.14. The van der Waals surface area contributed by atoms with Gasteiger partial charge in [-0.05, 0) is 51.1 Å². The molecular formula is C17H27N3O4S2. The summed E-state index contributed by atoms with van der Waals surface area (Å²) in [5, 5.41) is 0. The van der Waals surface area contributed by atoms with Crippen molar-refractivity contribution in [2.75, 3.05) is 39.8 Å². The Bertz CT molecular complexity index is 829. The number of sulfonamides is 2. The minimum atomic E-state index is -3.59. The lowest BCUT2D eigenvalue weighted by Gasteiger charge is -2.32. The molecule has 0 amide bonds. The van der Waals surface area contributed by atoms with Crippen LogP contribution in [0.4, 0.5) is 0 Å². The Morgan fingerprint density at radius 2 is 1.35 bits per heavy atom. The van der Waals surface area contributed by atoms with Gasteiger partial charge in [-0.25, -0.2) is 16.8 Å². The van der Waals surface area contributed by atoms with Gasteiger partial charge in [0.05, 0.1) is 9.79 Å².